The maximum absolute atomic E-state index is 11.5. The highest BCUT2D eigenvalue weighted by molar-refractivity contribution is 5.92. The summed E-state index contributed by atoms with van der Waals surface area (Å²) >= 11 is 0. The summed E-state index contributed by atoms with van der Waals surface area (Å²) in [7, 11) is 0. The number of para-hydroxylation sites is 1. The van der Waals surface area contributed by atoms with Gasteiger partial charge in [-0.1, -0.05) is 18.2 Å². The van der Waals surface area contributed by atoms with Crippen LogP contribution in [0.5, 0.6) is 0 Å². The van der Waals surface area contributed by atoms with Crippen molar-refractivity contribution >= 4 is 11.6 Å². The van der Waals surface area contributed by atoms with Crippen molar-refractivity contribution < 1.29 is 9.90 Å². The van der Waals surface area contributed by atoms with E-state index < -0.39 is 5.60 Å². The fourth-order valence-electron chi connectivity index (χ4n) is 1.90. The summed E-state index contributed by atoms with van der Waals surface area (Å²) < 4.78 is 0. The van der Waals surface area contributed by atoms with Crippen LogP contribution in [0.3, 0.4) is 0 Å². The SMILES string of the molecule is O=C(CNCC1(O)CCC1)Nc1ccccc1. The topological polar surface area (TPSA) is 61.4 Å². The molecule has 0 radical (unpaired) electrons. The molecular weight excluding hydrogens is 216 g/mol. The van der Waals surface area contributed by atoms with Gasteiger partial charge in [0.15, 0.2) is 0 Å². The van der Waals surface area contributed by atoms with Crippen molar-refractivity contribution in [1.29, 1.82) is 0 Å². The molecular formula is C13H18N2O2. The maximum Gasteiger partial charge on any atom is 0.238 e. The molecule has 4 nitrogen and oxygen atoms in total. The zero-order chi connectivity index (χ0) is 12.1. The molecule has 1 aliphatic carbocycles. The number of carbonyl (C=O) groups is 1. The van der Waals surface area contributed by atoms with E-state index in [-0.39, 0.29) is 12.5 Å². The van der Waals surface area contributed by atoms with E-state index in [2.05, 4.69) is 10.6 Å². The zero-order valence-corrected chi connectivity index (χ0v) is 9.78. The minimum Gasteiger partial charge on any atom is -0.389 e. The molecule has 3 N–H and O–H groups in total. The van der Waals surface area contributed by atoms with Gasteiger partial charge in [0.1, 0.15) is 0 Å². The minimum atomic E-state index is -0.576. The first-order chi connectivity index (χ1) is 8.18. The number of nitrogens with one attached hydrogen (secondary N) is 2. The summed E-state index contributed by atoms with van der Waals surface area (Å²) in [6.07, 6.45) is 2.75. The smallest absolute Gasteiger partial charge is 0.238 e. The van der Waals surface area contributed by atoms with Crippen molar-refractivity contribution in [3.63, 3.8) is 0 Å². The van der Waals surface area contributed by atoms with Gasteiger partial charge in [-0.15, -0.1) is 0 Å². The molecule has 1 fully saturated rings. The van der Waals surface area contributed by atoms with Crippen molar-refractivity contribution in [2.45, 2.75) is 24.9 Å². The second-order valence-corrected chi connectivity index (χ2v) is 4.60. The molecule has 0 atom stereocenters. The molecule has 0 unspecified atom stereocenters. The van der Waals surface area contributed by atoms with E-state index in [9.17, 15) is 9.90 Å². The van der Waals surface area contributed by atoms with Crippen molar-refractivity contribution in [1.82, 2.24) is 5.32 Å². The van der Waals surface area contributed by atoms with Gasteiger partial charge in [-0.05, 0) is 31.4 Å². The van der Waals surface area contributed by atoms with E-state index in [1.54, 1.807) is 0 Å². The summed E-state index contributed by atoms with van der Waals surface area (Å²) in [5.74, 6) is -0.0841. The molecule has 92 valence electrons. The van der Waals surface area contributed by atoms with Crippen LogP contribution >= 0.6 is 0 Å². The van der Waals surface area contributed by atoms with E-state index in [1.807, 2.05) is 30.3 Å². The fraction of sp³-hybridized carbons (Fsp3) is 0.462. The zero-order valence-electron chi connectivity index (χ0n) is 9.78. The van der Waals surface area contributed by atoms with Gasteiger partial charge in [0, 0.05) is 12.2 Å². The summed E-state index contributed by atoms with van der Waals surface area (Å²) in [6.45, 7) is 0.729. The molecule has 1 saturated carbocycles. The molecule has 17 heavy (non-hydrogen) atoms. The minimum absolute atomic E-state index is 0.0841. The van der Waals surface area contributed by atoms with Gasteiger partial charge in [0.25, 0.3) is 0 Å². The first kappa shape index (κ1) is 12.1. The first-order valence-electron chi connectivity index (χ1n) is 5.96. The van der Waals surface area contributed by atoms with Gasteiger partial charge in [0.05, 0.1) is 12.1 Å². The quantitative estimate of drug-likeness (QED) is 0.715. The van der Waals surface area contributed by atoms with Crippen LogP contribution in [0, 0.1) is 0 Å². The molecule has 0 saturated heterocycles. The van der Waals surface area contributed by atoms with Crippen molar-refractivity contribution in [3.8, 4) is 0 Å². The lowest BCUT2D eigenvalue weighted by molar-refractivity contribution is -0.115. The number of benzene rings is 1. The Kier molecular flexibility index (Phi) is 3.76. The Balaban J connectivity index is 1.67. The lowest BCUT2D eigenvalue weighted by Crippen LogP contribution is -2.47. The largest absolute Gasteiger partial charge is 0.389 e. The van der Waals surface area contributed by atoms with Gasteiger partial charge in [0.2, 0.25) is 5.91 Å². The second-order valence-electron chi connectivity index (χ2n) is 4.60. The number of hydrogen-bond acceptors (Lipinski definition) is 3. The number of rotatable bonds is 5. The number of aliphatic hydroxyl groups is 1. The summed E-state index contributed by atoms with van der Waals surface area (Å²) in [5, 5.41) is 15.6. The number of carbonyl (C=O) groups excluding carboxylic acids is 1. The molecule has 4 heteroatoms. The van der Waals surface area contributed by atoms with E-state index in [1.165, 1.54) is 0 Å². The average Bonchev–Trinajstić information content (AvgIpc) is 2.28. The summed E-state index contributed by atoms with van der Waals surface area (Å²) in [6, 6.07) is 9.34. The van der Waals surface area contributed by atoms with Crippen LogP contribution in [-0.2, 0) is 4.79 Å². The van der Waals surface area contributed by atoms with E-state index in [0.29, 0.717) is 6.54 Å². The average molecular weight is 234 g/mol. The molecule has 0 aliphatic heterocycles. The molecule has 0 heterocycles. The summed E-state index contributed by atoms with van der Waals surface area (Å²) in [4.78, 5) is 11.5. The van der Waals surface area contributed by atoms with Crippen LogP contribution in [0.1, 0.15) is 19.3 Å². The number of anilines is 1. The van der Waals surface area contributed by atoms with Crippen LogP contribution in [0.15, 0.2) is 30.3 Å². The van der Waals surface area contributed by atoms with Crippen LogP contribution in [0.2, 0.25) is 0 Å². The Bertz CT molecular complexity index is 374. The fourth-order valence-corrected chi connectivity index (χ4v) is 1.90. The Hall–Kier alpha value is -1.39. The highest BCUT2D eigenvalue weighted by atomic mass is 16.3. The maximum atomic E-state index is 11.5. The third-order valence-electron chi connectivity index (χ3n) is 3.08. The first-order valence-corrected chi connectivity index (χ1v) is 5.96. The monoisotopic (exact) mass is 234 g/mol. The third kappa shape index (κ3) is 3.54. The lowest BCUT2D eigenvalue weighted by atomic mass is 9.80. The Morgan fingerprint density at radius 2 is 2.00 bits per heavy atom. The Morgan fingerprint density at radius 1 is 1.29 bits per heavy atom. The van der Waals surface area contributed by atoms with E-state index >= 15 is 0 Å². The number of hydrogen-bond donors (Lipinski definition) is 3. The standard InChI is InChI=1S/C13H18N2O2/c16-12(15-11-5-2-1-3-6-11)9-14-10-13(17)7-4-8-13/h1-3,5-6,14,17H,4,7-10H2,(H,15,16). The predicted molar refractivity (Wildman–Crippen MR) is 66.7 cm³/mol. The Labute approximate surface area is 101 Å². The normalized spacial score (nSPS) is 17.2. The van der Waals surface area contributed by atoms with Crippen molar-refractivity contribution in [2.75, 3.05) is 18.4 Å². The van der Waals surface area contributed by atoms with Crippen molar-refractivity contribution in [2.24, 2.45) is 0 Å². The van der Waals surface area contributed by atoms with Gasteiger partial charge in [-0.3, -0.25) is 4.79 Å². The molecule has 1 amide bonds. The van der Waals surface area contributed by atoms with Crippen molar-refractivity contribution in [3.05, 3.63) is 30.3 Å². The van der Waals surface area contributed by atoms with E-state index in [4.69, 9.17) is 0 Å². The van der Waals surface area contributed by atoms with Crippen LogP contribution in [0.25, 0.3) is 0 Å². The highest BCUT2D eigenvalue weighted by Gasteiger charge is 2.33. The van der Waals surface area contributed by atoms with Gasteiger partial charge < -0.3 is 15.7 Å². The van der Waals surface area contributed by atoms with Crippen LogP contribution < -0.4 is 10.6 Å². The van der Waals surface area contributed by atoms with Crippen LogP contribution in [0.4, 0.5) is 5.69 Å². The highest BCUT2D eigenvalue weighted by Crippen LogP contribution is 2.30. The molecule has 1 aromatic carbocycles. The second kappa shape index (κ2) is 5.29. The Morgan fingerprint density at radius 3 is 2.59 bits per heavy atom. The predicted octanol–water partition coefficient (Wildman–Crippen LogP) is 1.13. The van der Waals surface area contributed by atoms with Gasteiger partial charge >= 0.3 is 0 Å². The molecule has 1 aliphatic rings. The molecule has 0 spiro atoms. The van der Waals surface area contributed by atoms with Crippen LogP contribution in [-0.4, -0.2) is 29.7 Å². The lowest BCUT2D eigenvalue weighted by Gasteiger charge is -2.36. The van der Waals surface area contributed by atoms with Gasteiger partial charge in [-0.25, -0.2) is 0 Å². The van der Waals surface area contributed by atoms with Gasteiger partial charge in [-0.2, -0.15) is 0 Å². The number of amides is 1. The molecule has 1 aromatic rings. The third-order valence-corrected chi connectivity index (χ3v) is 3.08. The summed E-state index contributed by atoms with van der Waals surface area (Å²) in [5.41, 5.74) is 0.217. The molecule has 0 aromatic heterocycles. The van der Waals surface area contributed by atoms with E-state index in [0.717, 1.165) is 24.9 Å². The molecule has 0 bridgehead atoms. The molecule has 2 rings (SSSR count).